The maximum atomic E-state index is 11.9. The SMILES string of the molecule is CC(NC(=O)[C@@H](N)C(C)C)c1ccc(S(C)(=O)=O)cc1. The summed E-state index contributed by atoms with van der Waals surface area (Å²) >= 11 is 0. The van der Waals surface area contributed by atoms with E-state index in [-0.39, 0.29) is 22.8 Å². The molecule has 0 aromatic heterocycles. The number of nitrogens with one attached hydrogen (secondary N) is 1. The van der Waals surface area contributed by atoms with Crippen LogP contribution in [0.3, 0.4) is 0 Å². The highest BCUT2D eigenvalue weighted by atomic mass is 32.2. The first-order chi connectivity index (χ1) is 9.12. The van der Waals surface area contributed by atoms with Gasteiger partial charge in [-0.3, -0.25) is 4.79 Å². The van der Waals surface area contributed by atoms with E-state index in [1.165, 1.54) is 12.1 Å². The maximum absolute atomic E-state index is 11.9. The number of hydrogen-bond donors (Lipinski definition) is 2. The monoisotopic (exact) mass is 298 g/mol. The van der Waals surface area contributed by atoms with Gasteiger partial charge in [0.1, 0.15) is 0 Å². The Morgan fingerprint density at radius 2 is 1.65 bits per heavy atom. The molecule has 0 aliphatic carbocycles. The van der Waals surface area contributed by atoms with Gasteiger partial charge in [-0.05, 0) is 30.5 Å². The van der Waals surface area contributed by atoms with Crippen LogP contribution in [-0.2, 0) is 14.6 Å². The number of benzene rings is 1. The first-order valence-electron chi connectivity index (χ1n) is 6.49. The van der Waals surface area contributed by atoms with Crippen LogP contribution in [0.5, 0.6) is 0 Å². The van der Waals surface area contributed by atoms with Crippen molar-refractivity contribution < 1.29 is 13.2 Å². The van der Waals surface area contributed by atoms with Crippen LogP contribution in [0.1, 0.15) is 32.4 Å². The predicted molar refractivity (Wildman–Crippen MR) is 78.9 cm³/mol. The van der Waals surface area contributed by atoms with E-state index < -0.39 is 15.9 Å². The zero-order valence-electron chi connectivity index (χ0n) is 12.3. The Labute approximate surface area is 120 Å². The first kappa shape index (κ1) is 16.7. The van der Waals surface area contributed by atoms with Gasteiger partial charge in [0.05, 0.1) is 17.0 Å². The van der Waals surface area contributed by atoms with Crippen molar-refractivity contribution in [2.75, 3.05) is 6.26 Å². The Kier molecular flexibility index (Phi) is 5.30. The number of rotatable bonds is 5. The van der Waals surface area contributed by atoms with E-state index in [9.17, 15) is 13.2 Å². The van der Waals surface area contributed by atoms with Crippen molar-refractivity contribution in [3.05, 3.63) is 29.8 Å². The second kappa shape index (κ2) is 6.37. The Hall–Kier alpha value is -1.40. The van der Waals surface area contributed by atoms with Crippen LogP contribution in [0.4, 0.5) is 0 Å². The molecule has 1 rings (SSSR count). The molecule has 3 N–H and O–H groups in total. The standard InChI is InChI=1S/C14H22N2O3S/c1-9(2)13(15)14(17)16-10(3)11-5-7-12(8-6-11)20(4,18)19/h5-10,13H,15H2,1-4H3,(H,16,17)/t10?,13-/m0/s1. The number of hydrogen-bond acceptors (Lipinski definition) is 4. The van der Waals surface area contributed by atoms with Crippen molar-refractivity contribution in [2.24, 2.45) is 11.7 Å². The van der Waals surface area contributed by atoms with Gasteiger partial charge in [0.25, 0.3) is 0 Å². The molecule has 5 nitrogen and oxygen atoms in total. The zero-order valence-corrected chi connectivity index (χ0v) is 13.1. The summed E-state index contributed by atoms with van der Waals surface area (Å²) in [5.41, 5.74) is 6.61. The fourth-order valence-corrected chi connectivity index (χ4v) is 2.33. The average Bonchev–Trinajstić information content (AvgIpc) is 2.36. The summed E-state index contributed by atoms with van der Waals surface area (Å²) in [7, 11) is -3.20. The van der Waals surface area contributed by atoms with Gasteiger partial charge in [0.15, 0.2) is 9.84 Å². The van der Waals surface area contributed by atoms with Crippen molar-refractivity contribution in [3.63, 3.8) is 0 Å². The summed E-state index contributed by atoms with van der Waals surface area (Å²) in [6.45, 7) is 5.60. The summed E-state index contributed by atoms with van der Waals surface area (Å²) in [4.78, 5) is 12.1. The van der Waals surface area contributed by atoms with Gasteiger partial charge in [0, 0.05) is 6.26 Å². The third-order valence-corrected chi connectivity index (χ3v) is 4.32. The van der Waals surface area contributed by atoms with E-state index in [1.54, 1.807) is 12.1 Å². The summed E-state index contributed by atoms with van der Waals surface area (Å²) < 4.78 is 22.7. The molecular weight excluding hydrogens is 276 g/mol. The van der Waals surface area contributed by atoms with E-state index in [0.29, 0.717) is 0 Å². The molecule has 1 amide bonds. The molecule has 1 aromatic rings. The van der Waals surface area contributed by atoms with Crippen molar-refractivity contribution in [2.45, 2.75) is 37.8 Å². The van der Waals surface area contributed by atoms with Crippen LogP contribution in [0.15, 0.2) is 29.2 Å². The molecule has 0 aliphatic rings. The largest absolute Gasteiger partial charge is 0.348 e. The van der Waals surface area contributed by atoms with Crippen molar-refractivity contribution in [1.82, 2.24) is 5.32 Å². The minimum Gasteiger partial charge on any atom is -0.348 e. The molecule has 0 bridgehead atoms. The number of sulfone groups is 1. The molecule has 0 saturated heterocycles. The molecule has 0 heterocycles. The number of nitrogens with two attached hydrogens (primary N) is 1. The molecule has 0 aliphatic heterocycles. The van der Waals surface area contributed by atoms with Gasteiger partial charge in [-0.1, -0.05) is 26.0 Å². The lowest BCUT2D eigenvalue weighted by Gasteiger charge is -2.20. The predicted octanol–water partition coefficient (Wildman–Crippen LogP) is 1.25. The highest BCUT2D eigenvalue weighted by Gasteiger charge is 2.19. The summed E-state index contributed by atoms with van der Waals surface area (Å²) in [5.74, 6) is -0.144. The van der Waals surface area contributed by atoms with E-state index in [0.717, 1.165) is 11.8 Å². The highest BCUT2D eigenvalue weighted by molar-refractivity contribution is 7.90. The van der Waals surface area contributed by atoms with Crippen LogP contribution < -0.4 is 11.1 Å². The number of amides is 1. The lowest BCUT2D eigenvalue weighted by molar-refractivity contribution is -0.123. The van der Waals surface area contributed by atoms with Crippen LogP contribution in [0, 0.1) is 5.92 Å². The fraction of sp³-hybridized carbons (Fsp3) is 0.500. The molecule has 0 spiro atoms. The normalized spacial score (nSPS) is 14.9. The Bertz CT molecular complexity index is 565. The van der Waals surface area contributed by atoms with Crippen molar-refractivity contribution >= 4 is 15.7 Å². The van der Waals surface area contributed by atoms with Crippen molar-refractivity contribution in [1.29, 1.82) is 0 Å². The molecule has 1 aromatic carbocycles. The van der Waals surface area contributed by atoms with Crippen molar-refractivity contribution in [3.8, 4) is 0 Å². The smallest absolute Gasteiger partial charge is 0.237 e. The number of carbonyl (C=O) groups is 1. The highest BCUT2D eigenvalue weighted by Crippen LogP contribution is 2.16. The molecule has 2 atom stereocenters. The van der Waals surface area contributed by atoms with Crippen LogP contribution in [0.2, 0.25) is 0 Å². The Balaban J connectivity index is 2.79. The Morgan fingerprint density at radius 3 is 2.05 bits per heavy atom. The van der Waals surface area contributed by atoms with Crippen LogP contribution in [-0.4, -0.2) is 26.6 Å². The third kappa shape index (κ3) is 4.31. The van der Waals surface area contributed by atoms with Gasteiger partial charge in [0.2, 0.25) is 5.91 Å². The first-order valence-corrected chi connectivity index (χ1v) is 8.38. The van der Waals surface area contributed by atoms with E-state index >= 15 is 0 Å². The quantitative estimate of drug-likeness (QED) is 0.856. The second-order valence-electron chi connectivity index (χ2n) is 5.34. The summed E-state index contributed by atoms with van der Waals surface area (Å²) in [5, 5.41) is 2.82. The molecule has 0 radical (unpaired) electrons. The summed E-state index contributed by atoms with van der Waals surface area (Å²) in [6, 6.07) is 5.70. The van der Waals surface area contributed by atoms with Gasteiger partial charge in [-0.15, -0.1) is 0 Å². The zero-order chi connectivity index (χ0) is 15.5. The number of carbonyl (C=O) groups excluding carboxylic acids is 1. The Morgan fingerprint density at radius 1 is 1.15 bits per heavy atom. The lowest BCUT2D eigenvalue weighted by atomic mass is 10.0. The van der Waals surface area contributed by atoms with E-state index in [4.69, 9.17) is 5.73 Å². The topological polar surface area (TPSA) is 89.3 Å². The molecule has 0 saturated carbocycles. The van der Waals surface area contributed by atoms with Crippen LogP contribution >= 0.6 is 0 Å². The minimum absolute atomic E-state index is 0.0646. The molecule has 0 fully saturated rings. The molecule has 1 unspecified atom stereocenters. The molecule has 112 valence electrons. The maximum Gasteiger partial charge on any atom is 0.237 e. The molecule has 6 heteroatoms. The summed E-state index contributed by atoms with van der Waals surface area (Å²) in [6.07, 6.45) is 1.16. The third-order valence-electron chi connectivity index (χ3n) is 3.19. The van der Waals surface area contributed by atoms with Gasteiger partial charge >= 0.3 is 0 Å². The average molecular weight is 298 g/mol. The fourth-order valence-electron chi connectivity index (χ4n) is 1.70. The van der Waals surface area contributed by atoms with E-state index in [1.807, 2.05) is 20.8 Å². The van der Waals surface area contributed by atoms with E-state index in [2.05, 4.69) is 5.32 Å². The van der Waals surface area contributed by atoms with Gasteiger partial charge < -0.3 is 11.1 Å². The minimum atomic E-state index is -3.20. The van der Waals surface area contributed by atoms with Crippen LogP contribution in [0.25, 0.3) is 0 Å². The molecular formula is C14H22N2O3S. The van der Waals surface area contributed by atoms with Gasteiger partial charge in [-0.25, -0.2) is 8.42 Å². The molecule has 20 heavy (non-hydrogen) atoms. The van der Waals surface area contributed by atoms with Gasteiger partial charge in [-0.2, -0.15) is 0 Å². The lowest BCUT2D eigenvalue weighted by Crippen LogP contribution is -2.44. The second-order valence-corrected chi connectivity index (χ2v) is 7.36.